The van der Waals surface area contributed by atoms with Crippen LogP contribution in [0.3, 0.4) is 0 Å². The summed E-state index contributed by atoms with van der Waals surface area (Å²) in [7, 11) is 0. The van der Waals surface area contributed by atoms with Crippen LogP contribution >= 0.6 is 11.3 Å². The highest BCUT2D eigenvalue weighted by molar-refractivity contribution is 7.13. The van der Waals surface area contributed by atoms with Crippen molar-refractivity contribution in [2.24, 2.45) is 0 Å². The van der Waals surface area contributed by atoms with Crippen LogP contribution in [-0.4, -0.2) is 10.9 Å². The van der Waals surface area contributed by atoms with Crippen LogP contribution in [-0.2, 0) is 0 Å². The van der Waals surface area contributed by atoms with Gasteiger partial charge in [-0.05, 0) is 60.0 Å². The second-order valence-electron chi connectivity index (χ2n) is 7.07. The van der Waals surface area contributed by atoms with Crippen LogP contribution < -0.4 is 10.6 Å². The number of hydrogen-bond acceptors (Lipinski definition) is 4. The molecule has 0 saturated heterocycles. The molecule has 2 N–H and O–H groups in total. The van der Waals surface area contributed by atoms with Gasteiger partial charge in [-0.2, -0.15) is 0 Å². The Bertz CT molecular complexity index is 1330. The van der Waals surface area contributed by atoms with Crippen molar-refractivity contribution in [2.75, 3.05) is 10.6 Å². The van der Waals surface area contributed by atoms with Gasteiger partial charge in [-0.1, -0.05) is 42.5 Å². The molecule has 0 aliphatic heterocycles. The molecule has 5 rings (SSSR count). The average molecular weight is 422 g/mol. The first kappa shape index (κ1) is 19.0. The monoisotopic (exact) mass is 421 g/mol. The zero-order valence-corrected chi connectivity index (χ0v) is 17.4. The first-order valence-electron chi connectivity index (χ1n) is 9.93. The average Bonchev–Trinajstić information content (AvgIpc) is 3.35. The Morgan fingerprint density at radius 2 is 1.45 bits per heavy atom. The lowest BCUT2D eigenvalue weighted by atomic mass is 10.1. The van der Waals surface area contributed by atoms with E-state index in [1.807, 2.05) is 102 Å². The topological polar surface area (TPSA) is 54.0 Å². The summed E-state index contributed by atoms with van der Waals surface area (Å²) in [5, 5.41) is 9.21. The highest BCUT2D eigenvalue weighted by atomic mass is 32.1. The molecule has 4 nitrogen and oxygen atoms in total. The number of anilines is 3. The third-order valence-corrected chi connectivity index (χ3v) is 5.83. The number of nitrogens with zero attached hydrogens (tertiary/aromatic N) is 1. The van der Waals surface area contributed by atoms with E-state index in [-0.39, 0.29) is 5.91 Å². The van der Waals surface area contributed by atoms with Crippen LogP contribution in [0.25, 0.3) is 21.5 Å². The highest BCUT2D eigenvalue weighted by Crippen LogP contribution is 2.28. The molecule has 0 saturated carbocycles. The minimum absolute atomic E-state index is 0.153. The Kier molecular flexibility index (Phi) is 5.17. The Hall–Kier alpha value is -3.96. The molecule has 2 heterocycles. The molecule has 2 aromatic heterocycles. The fourth-order valence-corrected chi connectivity index (χ4v) is 4.12. The highest BCUT2D eigenvalue weighted by Gasteiger charge is 2.14. The fourth-order valence-electron chi connectivity index (χ4n) is 3.44. The van der Waals surface area contributed by atoms with Crippen molar-refractivity contribution in [2.45, 2.75) is 0 Å². The van der Waals surface area contributed by atoms with Gasteiger partial charge < -0.3 is 10.6 Å². The van der Waals surface area contributed by atoms with E-state index in [9.17, 15) is 4.79 Å². The minimum atomic E-state index is -0.153. The van der Waals surface area contributed by atoms with Gasteiger partial charge in [0.1, 0.15) is 0 Å². The minimum Gasteiger partial charge on any atom is -0.356 e. The molecular formula is C26H19N3OS. The largest absolute Gasteiger partial charge is 0.356 e. The van der Waals surface area contributed by atoms with Gasteiger partial charge in [0.05, 0.1) is 21.7 Å². The second kappa shape index (κ2) is 8.42. The molecule has 150 valence electrons. The predicted octanol–water partition coefficient (Wildman–Crippen LogP) is 6.96. The van der Waals surface area contributed by atoms with E-state index in [1.165, 1.54) is 0 Å². The zero-order chi connectivity index (χ0) is 21.0. The maximum absolute atomic E-state index is 13.2. The molecule has 0 aliphatic carbocycles. The van der Waals surface area contributed by atoms with Crippen molar-refractivity contribution in [3.63, 3.8) is 0 Å². The summed E-state index contributed by atoms with van der Waals surface area (Å²) in [6.45, 7) is 0. The van der Waals surface area contributed by atoms with Gasteiger partial charge in [0.15, 0.2) is 0 Å². The quantitative estimate of drug-likeness (QED) is 0.322. The molecule has 0 radical (unpaired) electrons. The molecular weight excluding hydrogens is 402 g/mol. The number of nitrogens with one attached hydrogen (secondary N) is 2. The third kappa shape index (κ3) is 4.17. The number of benzene rings is 3. The molecule has 0 bridgehead atoms. The van der Waals surface area contributed by atoms with Gasteiger partial charge in [0.2, 0.25) is 0 Å². The van der Waals surface area contributed by atoms with Crippen molar-refractivity contribution in [3.8, 4) is 10.6 Å². The summed E-state index contributed by atoms with van der Waals surface area (Å²) in [6.07, 6.45) is 0. The first-order chi connectivity index (χ1) is 15.3. The van der Waals surface area contributed by atoms with E-state index in [0.717, 1.165) is 38.5 Å². The van der Waals surface area contributed by atoms with Crippen LogP contribution in [0.15, 0.2) is 102 Å². The standard InChI is InChI=1S/C26H19N3OS/c30-26(28-20-14-12-19(13-15-20)27-18-7-2-1-3-8-18)22-17-24(25-11-6-16-31-25)29-23-10-5-4-9-21(22)23/h1-17,27H,(H,28,30). The maximum Gasteiger partial charge on any atom is 0.256 e. The van der Waals surface area contributed by atoms with Crippen molar-refractivity contribution in [1.82, 2.24) is 4.98 Å². The molecule has 1 amide bonds. The van der Waals surface area contributed by atoms with Gasteiger partial charge >= 0.3 is 0 Å². The van der Waals surface area contributed by atoms with Gasteiger partial charge in [-0.15, -0.1) is 11.3 Å². The number of para-hydroxylation sites is 2. The van der Waals surface area contributed by atoms with E-state index in [4.69, 9.17) is 4.98 Å². The molecule has 0 spiro atoms. The number of hydrogen-bond donors (Lipinski definition) is 2. The first-order valence-corrected chi connectivity index (χ1v) is 10.8. The predicted molar refractivity (Wildman–Crippen MR) is 129 cm³/mol. The molecule has 31 heavy (non-hydrogen) atoms. The van der Waals surface area contributed by atoms with Crippen LogP contribution in [0.4, 0.5) is 17.1 Å². The Morgan fingerprint density at radius 1 is 0.742 bits per heavy atom. The van der Waals surface area contributed by atoms with E-state index >= 15 is 0 Å². The van der Waals surface area contributed by atoms with E-state index in [1.54, 1.807) is 11.3 Å². The van der Waals surface area contributed by atoms with Crippen molar-refractivity contribution in [3.05, 3.63) is 108 Å². The lowest BCUT2D eigenvalue weighted by Gasteiger charge is -2.11. The summed E-state index contributed by atoms with van der Waals surface area (Å²) >= 11 is 1.61. The van der Waals surface area contributed by atoms with Crippen LogP contribution in [0.2, 0.25) is 0 Å². The smallest absolute Gasteiger partial charge is 0.256 e. The summed E-state index contributed by atoms with van der Waals surface area (Å²) in [5.74, 6) is -0.153. The molecule has 0 unspecified atom stereocenters. The van der Waals surface area contributed by atoms with E-state index < -0.39 is 0 Å². The van der Waals surface area contributed by atoms with Crippen molar-refractivity contribution >= 4 is 45.2 Å². The van der Waals surface area contributed by atoms with Crippen molar-refractivity contribution in [1.29, 1.82) is 0 Å². The Balaban J connectivity index is 1.41. The summed E-state index contributed by atoms with van der Waals surface area (Å²) in [6, 6.07) is 31.3. The molecule has 0 fully saturated rings. The SMILES string of the molecule is O=C(Nc1ccc(Nc2ccccc2)cc1)c1cc(-c2cccs2)nc2ccccc12. The van der Waals surface area contributed by atoms with Crippen LogP contribution in [0.1, 0.15) is 10.4 Å². The number of rotatable bonds is 5. The lowest BCUT2D eigenvalue weighted by Crippen LogP contribution is -2.13. The third-order valence-electron chi connectivity index (χ3n) is 4.94. The number of pyridine rings is 1. The Labute approximate surface area is 184 Å². The molecule has 5 heteroatoms. The van der Waals surface area contributed by atoms with E-state index in [0.29, 0.717) is 5.56 Å². The molecule has 0 atom stereocenters. The summed E-state index contributed by atoms with van der Waals surface area (Å²) < 4.78 is 0. The van der Waals surface area contributed by atoms with Gasteiger partial charge in [0.25, 0.3) is 5.91 Å². The van der Waals surface area contributed by atoms with E-state index in [2.05, 4.69) is 10.6 Å². The molecule has 0 aliphatic rings. The second-order valence-corrected chi connectivity index (χ2v) is 8.02. The number of carbonyl (C=O) groups excluding carboxylic acids is 1. The summed E-state index contributed by atoms with van der Waals surface area (Å²) in [5.41, 5.74) is 4.94. The van der Waals surface area contributed by atoms with Gasteiger partial charge in [0, 0.05) is 22.4 Å². The fraction of sp³-hybridized carbons (Fsp3) is 0. The maximum atomic E-state index is 13.2. The number of amides is 1. The normalized spacial score (nSPS) is 10.7. The number of thiophene rings is 1. The lowest BCUT2D eigenvalue weighted by molar-refractivity contribution is 0.102. The summed E-state index contributed by atoms with van der Waals surface area (Å²) in [4.78, 5) is 19.0. The van der Waals surface area contributed by atoms with Crippen LogP contribution in [0.5, 0.6) is 0 Å². The molecule has 3 aromatic carbocycles. The number of aromatic nitrogens is 1. The van der Waals surface area contributed by atoms with Crippen LogP contribution in [0, 0.1) is 0 Å². The Morgan fingerprint density at radius 3 is 2.23 bits per heavy atom. The van der Waals surface area contributed by atoms with Crippen molar-refractivity contribution < 1.29 is 4.79 Å². The molecule has 5 aromatic rings. The van der Waals surface area contributed by atoms with Gasteiger partial charge in [-0.25, -0.2) is 4.98 Å². The number of fused-ring (bicyclic) bond motifs is 1. The van der Waals surface area contributed by atoms with Gasteiger partial charge in [-0.3, -0.25) is 4.79 Å². The number of carbonyl (C=O) groups is 1. The zero-order valence-electron chi connectivity index (χ0n) is 16.6.